The molecule has 0 bridgehead atoms. The zero-order valence-electron chi connectivity index (χ0n) is 9.04. The summed E-state index contributed by atoms with van der Waals surface area (Å²) in [5.74, 6) is 0.0271. The normalized spacial score (nSPS) is 11.0. The molecule has 90 valence electrons. The van der Waals surface area contributed by atoms with E-state index in [4.69, 9.17) is 11.6 Å². The Morgan fingerprint density at radius 2 is 2.11 bits per heavy atom. The number of hydrogen-bond donors (Lipinski definition) is 1. The number of hydrogen-bond acceptors (Lipinski definition) is 2. The predicted octanol–water partition coefficient (Wildman–Crippen LogP) is 4.88. The van der Waals surface area contributed by atoms with Crippen LogP contribution in [0.2, 0.25) is 5.02 Å². The van der Waals surface area contributed by atoms with Crippen molar-refractivity contribution in [2.45, 2.75) is 0 Å². The van der Waals surface area contributed by atoms with Gasteiger partial charge in [0.15, 0.2) is 0 Å². The number of H-pyrrole nitrogens is 1. The Kier molecular flexibility index (Phi) is 3.01. The summed E-state index contributed by atoms with van der Waals surface area (Å²) in [5, 5.41) is 1.55. The molecule has 0 atom stereocenters. The zero-order valence-corrected chi connectivity index (χ0v) is 12.2. The molecule has 2 aromatic heterocycles. The molecule has 1 aromatic carbocycles. The SMILES string of the molecule is O=C(c1ccc(Br)s1)c1c[nH]c2cc(Cl)ccc12. The fraction of sp³-hybridized carbons (Fsp3) is 0. The van der Waals surface area contributed by atoms with Gasteiger partial charge in [0.05, 0.1) is 8.66 Å². The fourth-order valence-corrected chi connectivity index (χ4v) is 3.37. The molecule has 0 unspecified atom stereocenters. The highest BCUT2D eigenvalue weighted by Crippen LogP contribution is 2.28. The molecule has 0 aliphatic heterocycles. The zero-order chi connectivity index (χ0) is 12.7. The molecule has 0 radical (unpaired) electrons. The highest BCUT2D eigenvalue weighted by Gasteiger charge is 2.15. The lowest BCUT2D eigenvalue weighted by molar-refractivity contribution is 0.104. The van der Waals surface area contributed by atoms with Crippen LogP contribution in [0.3, 0.4) is 0 Å². The number of fused-ring (bicyclic) bond motifs is 1. The molecule has 1 N–H and O–H groups in total. The molecule has 0 fully saturated rings. The van der Waals surface area contributed by atoms with Gasteiger partial charge in [0.25, 0.3) is 0 Å². The Bertz CT molecular complexity index is 746. The second-order valence-corrected chi connectivity index (χ2v) is 6.72. The Morgan fingerprint density at radius 1 is 1.28 bits per heavy atom. The van der Waals surface area contributed by atoms with E-state index in [1.54, 1.807) is 12.3 Å². The minimum absolute atomic E-state index is 0.0271. The minimum atomic E-state index is 0.0271. The average Bonchev–Trinajstić information content (AvgIpc) is 2.94. The Hall–Kier alpha value is -1.10. The van der Waals surface area contributed by atoms with Crippen LogP contribution < -0.4 is 0 Å². The van der Waals surface area contributed by atoms with Crippen molar-refractivity contribution in [2.75, 3.05) is 0 Å². The lowest BCUT2D eigenvalue weighted by atomic mass is 10.1. The Labute approximate surface area is 121 Å². The van der Waals surface area contributed by atoms with Gasteiger partial charge < -0.3 is 4.98 Å². The van der Waals surface area contributed by atoms with Gasteiger partial charge in [-0.1, -0.05) is 17.7 Å². The van der Waals surface area contributed by atoms with Gasteiger partial charge in [-0.2, -0.15) is 0 Å². The standard InChI is InChI=1S/C13H7BrClNOS/c14-12-4-3-11(18-12)13(17)9-6-16-10-5-7(15)1-2-8(9)10/h1-6,16H. The third kappa shape index (κ3) is 2.00. The lowest BCUT2D eigenvalue weighted by Gasteiger charge is -1.96. The Balaban J connectivity index is 2.12. The van der Waals surface area contributed by atoms with Crippen molar-refractivity contribution >= 4 is 55.6 Å². The summed E-state index contributed by atoms with van der Waals surface area (Å²) in [6.45, 7) is 0. The van der Waals surface area contributed by atoms with Gasteiger partial charge in [-0.25, -0.2) is 0 Å². The maximum atomic E-state index is 12.4. The van der Waals surface area contributed by atoms with Crippen LogP contribution in [0.1, 0.15) is 15.2 Å². The number of ketones is 1. The largest absolute Gasteiger partial charge is 0.360 e. The molecule has 2 heterocycles. The molecule has 0 spiro atoms. The van der Waals surface area contributed by atoms with Crippen molar-refractivity contribution in [1.29, 1.82) is 0 Å². The summed E-state index contributed by atoms with van der Waals surface area (Å²) in [6, 6.07) is 9.18. The van der Waals surface area contributed by atoms with Crippen LogP contribution in [0.4, 0.5) is 0 Å². The maximum absolute atomic E-state index is 12.4. The summed E-state index contributed by atoms with van der Waals surface area (Å²) in [6.07, 6.45) is 1.73. The summed E-state index contributed by atoms with van der Waals surface area (Å²) < 4.78 is 0.953. The van der Waals surface area contributed by atoms with Gasteiger partial charge in [-0.05, 0) is 40.2 Å². The highest BCUT2D eigenvalue weighted by molar-refractivity contribution is 9.11. The molecule has 5 heteroatoms. The Morgan fingerprint density at radius 3 is 2.83 bits per heavy atom. The first kappa shape index (κ1) is 12.0. The van der Waals surface area contributed by atoms with Crippen molar-refractivity contribution in [3.05, 3.63) is 55.8 Å². The number of rotatable bonds is 2. The van der Waals surface area contributed by atoms with E-state index in [-0.39, 0.29) is 5.78 Å². The second-order valence-electron chi connectivity index (χ2n) is 3.83. The lowest BCUT2D eigenvalue weighted by Crippen LogP contribution is -1.96. The third-order valence-electron chi connectivity index (χ3n) is 2.69. The monoisotopic (exact) mass is 339 g/mol. The summed E-state index contributed by atoms with van der Waals surface area (Å²) in [4.78, 5) is 16.2. The molecular formula is C13H7BrClNOS. The molecule has 2 nitrogen and oxygen atoms in total. The van der Waals surface area contributed by atoms with Gasteiger partial charge in [0, 0.05) is 27.7 Å². The van der Waals surface area contributed by atoms with Crippen molar-refractivity contribution in [3.63, 3.8) is 0 Å². The molecule has 3 rings (SSSR count). The van der Waals surface area contributed by atoms with Crippen LogP contribution in [0, 0.1) is 0 Å². The molecule has 0 aliphatic carbocycles. The molecular weight excluding hydrogens is 334 g/mol. The minimum Gasteiger partial charge on any atom is -0.360 e. The van der Waals surface area contributed by atoms with Gasteiger partial charge >= 0.3 is 0 Å². The van der Waals surface area contributed by atoms with Crippen molar-refractivity contribution < 1.29 is 4.79 Å². The molecule has 18 heavy (non-hydrogen) atoms. The van der Waals surface area contributed by atoms with Crippen LogP contribution in [0.5, 0.6) is 0 Å². The van der Waals surface area contributed by atoms with Crippen LogP contribution in [0.25, 0.3) is 10.9 Å². The van der Waals surface area contributed by atoms with E-state index in [1.807, 2.05) is 24.3 Å². The van der Waals surface area contributed by atoms with E-state index in [1.165, 1.54) is 11.3 Å². The number of carbonyl (C=O) groups is 1. The van der Waals surface area contributed by atoms with E-state index in [0.29, 0.717) is 10.6 Å². The maximum Gasteiger partial charge on any atom is 0.205 e. The highest BCUT2D eigenvalue weighted by atomic mass is 79.9. The van der Waals surface area contributed by atoms with Crippen LogP contribution in [0.15, 0.2) is 40.3 Å². The van der Waals surface area contributed by atoms with E-state index in [9.17, 15) is 4.79 Å². The van der Waals surface area contributed by atoms with E-state index in [2.05, 4.69) is 20.9 Å². The van der Waals surface area contributed by atoms with Gasteiger partial charge in [0.2, 0.25) is 5.78 Å². The quantitative estimate of drug-likeness (QED) is 0.663. The number of benzene rings is 1. The smallest absolute Gasteiger partial charge is 0.205 e. The van der Waals surface area contributed by atoms with Crippen molar-refractivity contribution in [1.82, 2.24) is 4.98 Å². The number of aromatic nitrogens is 1. The van der Waals surface area contributed by atoms with E-state index < -0.39 is 0 Å². The number of thiophene rings is 1. The predicted molar refractivity (Wildman–Crippen MR) is 78.8 cm³/mol. The fourth-order valence-electron chi connectivity index (χ4n) is 1.86. The summed E-state index contributed by atoms with van der Waals surface area (Å²) >= 11 is 10.7. The summed E-state index contributed by atoms with van der Waals surface area (Å²) in [7, 11) is 0. The van der Waals surface area contributed by atoms with E-state index in [0.717, 1.165) is 19.6 Å². The first-order chi connectivity index (χ1) is 8.65. The topological polar surface area (TPSA) is 32.9 Å². The van der Waals surface area contributed by atoms with Gasteiger partial charge in [-0.3, -0.25) is 4.79 Å². The van der Waals surface area contributed by atoms with Gasteiger partial charge in [-0.15, -0.1) is 11.3 Å². The van der Waals surface area contributed by atoms with Gasteiger partial charge in [0.1, 0.15) is 0 Å². The number of nitrogens with one attached hydrogen (secondary N) is 1. The number of halogens is 2. The third-order valence-corrected chi connectivity index (χ3v) is 4.54. The van der Waals surface area contributed by atoms with Crippen molar-refractivity contribution in [3.8, 4) is 0 Å². The molecule has 0 saturated heterocycles. The molecule has 3 aromatic rings. The summed E-state index contributed by atoms with van der Waals surface area (Å²) in [5.41, 5.74) is 1.55. The van der Waals surface area contributed by atoms with Crippen LogP contribution in [-0.4, -0.2) is 10.8 Å². The molecule has 0 saturated carbocycles. The molecule has 0 aliphatic rings. The average molecular weight is 341 g/mol. The second kappa shape index (κ2) is 4.53. The first-order valence-corrected chi connectivity index (χ1v) is 7.20. The van der Waals surface area contributed by atoms with Crippen LogP contribution in [-0.2, 0) is 0 Å². The molecule has 0 amide bonds. The van der Waals surface area contributed by atoms with E-state index >= 15 is 0 Å². The number of carbonyl (C=O) groups excluding carboxylic acids is 1. The first-order valence-electron chi connectivity index (χ1n) is 5.22. The van der Waals surface area contributed by atoms with Crippen LogP contribution >= 0.6 is 38.9 Å². The number of aromatic amines is 1. The van der Waals surface area contributed by atoms with Crippen molar-refractivity contribution in [2.24, 2.45) is 0 Å².